The summed E-state index contributed by atoms with van der Waals surface area (Å²) in [6, 6.07) is 15.6. The summed E-state index contributed by atoms with van der Waals surface area (Å²) in [4.78, 5) is 0.270. The highest BCUT2D eigenvalue weighted by molar-refractivity contribution is 7.92. The second-order valence-electron chi connectivity index (χ2n) is 3.90. The molecule has 0 bridgehead atoms. The molecule has 0 saturated heterocycles. The number of benzene rings is 2. The van der Waals surface area contributed by atoms with E-state index >= 15 is 0 Å². The zero-order valence-corrected chi connectivity index (χ0v) is 11.7. The molecule has 0 amide bonds. The lowest BCUT2D eigenvalue weighted by Gasteiger charge is -2.07. The Hall–Kier alpha value is -1.83. The quantitative estimate of drug-likeness (QED) is 0.744. The first-order chi connectivity index (χ1) is 9.49. The van der Waals surface area contributed by atoms with Crippen LogP contribution in [0.25, 0.3) is 0 Å². The van der Waals surface area contributed by atoms with E-state index in [1.807, 2.05) is 13.0 Å². The van der Waals surface area contributed by atoms with Gasteiger partial charge in [0.05, 0.1) is 4.90 Å². The molecular weight excluding hydrogens is 277 g/mol. The Labute approximate surface area is 119 Å². The van der Waals surface area contributed by atoms with E-state index in [0.717, 1.165) is 5.56 Å². The molecule has 1 radical (unpaired) electrons. The van der Waals surface area contributed by atoms with Gasteiger partial charge in [0, 0.05) is 5.69 Å². The lowest BCUT2D eigenvalue weighted by atomic mass is 10.2. The molecule has 7 heteroatoms. The van der Waals surface area contributed by atoms with Crippen LogP contribution in [0.15, 0.2) is 59.5 Å². The van der Waals surface area contributed by atoms with Crippen LogP contribution in [0.3, 0.4) is 0 Å². The van der Waals surface area contributed by atoms with E-state index in [1.54, 1.807) is 48.5 Å². The maximum absolute atomic E-state index is 12.0. The Balaban J connectivity index is 0.000000612. The van der Waals surface area contributed by atoms with Crippen molar-refractivity contribution in [1.29, 1.82) is 0 Å². The van der Waals surface area contributed by atoms with Crippen molar-refractivity contribution >= 4 is 23.4 Å². The van der Waals surface area contributed by atoms with Gasteiger partial charge in [-0.15, -0.1) is 0 Å². The van der Waals surface area contributed by atoms with Crippen LogP contribution >= 0.6 is 0 Å². The fraction of sp³-hybridized carbons (Fsp3) is 0.0769. The van der Waals surface area contributed by atoms with Crippen LogP contribution in [-0.4, -0.2) is 26.2 Å². The first-order valence-corrected chi connectivity index (χ1v) is 7.22. The smallest absolute Gasteiger partial charge is 0.429 e. The molecule has 3 N–H and O–H groups in total. The number of nitrogens with one attached hydrogen (secondary N) is 1. The van der Waals surface area contributed by atoms with Crippen molar-refractivity contribution in [3.63, 3.8) is 0 Å². The third kappa shape index (κ3) is 5.04. The van der Waals surface area contributed by atoms with E-state index in [9.17, 15) is 8.42 Å². The minimum absolute atomic E-state index is 0. The van der Waals surface area contributed by atoms with Crippen molar-refractivity contribution in [1.82, 2.24) is 0 Å². The Morgan fingerprint density at radius 2 is 1.45 bits per heavy atom. The SMILES string of the molecule is Cc1ccc(S(=O)(=O)Nc2ccccc2)cc1.O[B]O. The average molecular weight is 292 g/mol. The maximum atomic E-state index is 12.0. The minimum atomic E-state index is -3.48. The molecule has 0 atom stereocenters. The highest BCUT2D eigenvalue weighted by Crippen LogP contribution is 2.15. The predicted octanol–water partition coefficient (Wildman–Crippen LogP) is 1.30. The lowest BCUT2D eigenvalue weighted by molar-refractivity contribution is 0.448. The Morgan fingerprint density at radius 1 is 0.950 bits per heavy atom. The van der Waals surface area contributed by atoms with Gasteiger partial charge in [-0.2, -0.15) is 0 Å². The van der Waals surface area contributed by atoms with E-state index in [1.165, 1.54) is 0 Å². The maximum Gasteiger partial charge on any atom is 0.482 e. The Kier molecular flexibility index (Phi) is 6.24. The van der Waals surface area contributed by atoms with Crippen molar-refractivity contribution in [3.8, 4) is 0 Å². The number of hydrogen-bond acceptors (Lipinski definition) is 4. The molecule has 5 nitrogen and oxygen atoms in total. The van der Waals surface area contributed by atoms with Crippen LogP contribution in [0.5, 0.6) is 0 Å². The first kappa shape index (κ1) is 16.2. The molecule has 2 rings (SSSR count). The predicted molar refractivity (Wildman–Crippen MR) is 78.6 cm³/mol. The molecule has 2 aromatic carbocycles. The van der Waals surface area contributed by atoms with E-state index in [0.29, 0.717) is 5.69 Å². The van der Waals surface area contributed by atoms with E-state index in [2.05, 4.69) is 4.72 Å². The largest absolute Gasteiger partial charge is 0.482 e. The summed E-state index contributed by atoms with van der Waals surface area (Å²) in [6.45, 7) is 1.92. The monoisotopic (exact) mass is 292 g/mol. The molecule has 0 heterocycles. The fourth-order valence-electron chi connectivity index (χ4n) is 1.44. The fourth-order valence-corrected chi connectivity index (χ4v) is 2.50. The van der Waals surface area contributed by atoms with Gasteiger partial charge in [-0.05, 0) is 31.2 Å². The summed E-state index contributed by atoms with van der Waals surface area (Å²) in [5, 5.41) is 14.0. The third-order valence-corrected chi connectivity index (χ3v) is 3.75. The molecule has 105 valence electrons. The van der Waals surface area contributed by atoms with Crippen LogP contribution in [0.1, 0.15) is 5.56 Å². The minimum Gasteiger partial charge on any atom is -0.429 e. The van der Waals surface area contributed by atoms with Crippen molar-refractivity contribution in [2.45, 2.75) is 11.8 Å². The first-order valence-electron chi connectivity index (χ1n) is 5.74. The zero-order chi connectivity index (χ0) is 15.0. The Morgan fingerprint density at radius 3 is 1.95 bits per heavy atom. The van der Waals surface area contributed by atoms with Gasteiger partial charge in [0.25, 0.3) is 10.0 Å². The summed E-state index contributed by atoms with van der Waals surface area (Å²) < 4.78 is 26.5. The average Bonchev–Trinajstić information content (AvgIpc) is 2.41. The van der Waals surface area contributed by atoms with Crippen molar-refractivity contribution in [3.05, 3.63) is 60.2 Å². The molecule has 0 spiro atoms. The van der Waals surface area contributed by atoms with Gasteiger partial charge in [-0.1, -0.05) is 35.9 Å². The molecule has 20 heavy (non-hydrogen) atoms. The van der Waals surface area contributed by atoms with Gasteiger partial charge in [-0.25, -0.2) is 8.42 Å². The summed E-state index contributed by atoms with van der Waals surface area (Å²) in [5.41, 5.74) is 1.59. The number of para-hydroxylation sites is 1. The lowest BCUT2D eigenvalue weighted by Crippen LogP contribution is -2.12. The molecule has 2 aromatic rings. The van der Waals surface area contributed by atoms with E-state index in [4.69, 9.17) is 10.0 Å². The molecular formula is C13H15BNO4S. The van der Waals surface area contributed by atoms with Gasteiger partial charge in [-0.3, -0.25) is 4.72 Å². The molecule has 0 unspecified atom stereocenters. The number of sulfonamides is 1. The second kappa shape index (κ2) is 7.69. The topological polar surface area (TPSA) is 86.6 Å². The molecule has 0 aliphatic carbocycles. The molecule has 0 fully saturated rings. The van der Waals surface area contributed by atoms with Crippen molar-refractivity contribution in [2.75, 3.05) is 4.72 Å². The highest BCUT2D eigenvalue weighted by atomic mass is 32.2. The summed E-state index contributed by atoms with van der Waals surface area (Å²) in [5.74, 6) is 0. The summed E-state index contributed by atoms with van der Waals surface area (Å²) in [6.07, 6.45) is 0. The molecule has 0 aliphatic heterocycles. The van der Waals surface area contributed by atoms with Crippen LogP contribution in [0.2, 0.25) is 0 Å². The van der Waals surface area contributed by atoms with Gasteiger partial charge in [0.2, 0.25) is 0 Å². The second-order valence-corrected chi connectivity index (χ2v) is 5.58. The molecule has 0 aliphatic rings. The molecule has 0 aromatic heterocycles. The summed E-state index contributed by atoms with van der Waals surface area (Å²) >= 11 is 0. The van der Waals surface area contributed by atoms with Gasteiger partial charge in [0.1, 0.15) is 0 Å². The van der Waals surface area contributed by atoms with Gasteiger partial charge in [0.15, 0.2) is 0 Å². The van der Waals surface area contributed by atoms with Crippen LogP contribution < -0.4 is 4.72 Å². The van der Waals surface area contributed by atoms with Crippen LogP contribution in [0, 0.1) is 6.92 Å². The highest BCUT2D eigenvalue weighted by Gasteiger charge is 2.13. The van der Waals surface area contributed by atoms with E-state index in [-0.39, 0.29) is 12.6 Å². The summed E-state index contributed by atoms with van der Waals surface area (Å²) in [7, 11) is -3.48. The van der Waals surface area contributed by atoms with Crippen LogP contribution in [-0.2, 0) is 10.0 Å². The van der Waals surface area contributed by atoms with Crippen LogP contribution in [0.4, 0.5) is 5.69 Å². The van der Waals surface area contributed by atoms with Gasteiger partial charge >= 0.3 is 7.69 Å². The van der Waals surface area contributed by atoms with Gasteiger partial charge < -0.3 is 10.0 Å². The van der Waals surface area contributed by atoms with Crippen molar-refractivity contribution in [2.24, 2.45) is 0 Å². The van der Waals surface area contributed by atoms with E-state index < -0.39 is 10.0 Å². The Bertz CT molecular complexity index is 615. The normalized spacial score (nSPS) is 10.2. The van der Waals surface area contributed by atoms with Crippen molar-refractivity contribution < 1.29 is 18.5 Å². The standard InChI is InChI=1S/C13H13NO2S.BH2O2/c1-11-7-9-13(10-8-11)17(15,16)14-12-5-3-2-4-6-12;2-1-3/h2-10,14H,1H3;2-3H. The number of rotatable bonds is 3. The third-order valence-electron chi connectivity index (χ3n) is 2.36. The number of hydrogen-bond donors (Lipinski definition) is 3. The number of anilines is 1. The molecule has 0 saturated carbocycles. The number of aryl methyl sites for hydroxylation is 1. The zero-order valence-electron chi connectivity index (χ0n) is 10.9.